The molecule has 0 bridgehead atoms. The molecule has 1 N–H and O–H groups in total. The fraction of sp³-hybridized carbons (Fsp3) is 0.200. The van der Waals surface area contributed by atoms with Gasteiger partial charge in [-0.2, -0.15) is 0 Å². The molecule has 1 amide bonds. The molecule has 0 radical (unpaired) electrons. The molecule has 4 heteroatoms. The maximum atomic E-state index is 11.7. The van der Waals surface area contributed by atoms with Crippen molar-refractivity contribution in [3.8, 4) is 11.6 Å². The maximum absolute atomic E-state index is 11.7. The van der Waals surface area contributed by atoms with E-state index in [1.807, 2.05) is 30.3 Å². The number of nitrogens with one attached hydrogen (secondary N) is 1. The van der Waals surface area contributed by atoms with Crippen molar-refractivity contribution in [2.24, 2.45) is 5.92 Å². The number of para-hydroxylation sites is 1. The largest absolute Gasteiger partial charge is 0.439 e. The summed E-state index contributed by atoms with van der Waals surface area (Å²) in [4.78, 5) is 15.8. The van der Waals surface area contributed by atoms with Crippen molar-refractivity contribution in [2.45, 2.75) is 12.8 Å². The average molecular weight is 254 g/mol. The molecular weight excluding hydrogens is 240 g/mol. The summed E-state index contributed by atoms with van der Waals surface area (Å²) < 4.78 is 5.61. The molecule has 1 aliphatic rings. The molecule has 1 aromatic carbocycles. The number of benzene rings is 1. The van der Waals surface area contributed by atoms with Crippen molar-refractivity contribution in [1.82, 2.24) is 4.98 Å². The van der Waals surface area contributed by atoms with Gasteiger partial charge in [-0.1, -0.05) is 18.2 Å². The van der Waals surface area contributed by atoms with Crippen LogP contribution in [0.15, 0.2) is 48.7 Å². The fourth-order valence-electron chi connectivity index (χ4n) is 1.74. The highest BCUT2D eigenvalue weighted by molar-refractivity contribution is 5.94. The molecule has 96 valence electrons. The number of anilines is 1. The summed E-state index contributed by atoms with van der Waals surface area (Å²) in [7, 11) is 0. The van der Waals surface area contributed by atoms with Gasteiger partial charge in [-0.15, -0.1) is 0 Å². The lowest BCUT2D eigenvalue weighted by Gasteiger charge is -2.07. The summed E-state index contributed by atoms with van der Waals surface area (Å²) >= 11 is 0. The van der Waals surface area contributed by atoms with Crippen LogP contribution in [-0.4, -0.2) is 10.9 Å². The highest BCUT2D eigenvalue weighted by atomic mass is 16.5. The minimum Gasteiger partial charge on any atom is -0.439 e. The monoisotopic (exact) mass is 254 g/mol. The first-order valence-corrected chi connectivity index (χ1v) is 6.31. The van der Waals surface area contributed by atoms with E-state index in [0.29, 0.717) is 5.88 Å². The normalized spacial score (nSPS) is 13.9. The Kier molecular flexibility index (Phi) is 3.14. The van der Waals surface area contributed by atoms with Crippen LogP contribution in [0, 0.1) is 5.92 Å². The molecule has 1 aliphatic carbocycles. The van der Waals surface area contributed by atoms with E-state index >= 15 is 0 Å². The van der Waals surface area contributed by atoms with E-state index in [-0.39, 0.29) is 11.8 Å². The van der Waals surface area contributed by atoms with Crippen LogP contribution in [0.2, 0.25) is 0 Å². The van der Waals surface area contributed by atoms with Crippen LogP contribution in [-0.2, 0) is 4.79 Å². The van der Waals surface area contributed by atoms with Gasteiger partial charge in [0.2, 0.25) is 11.8 Å². The highest BCUT2D eigenvalue weighted by Gasteiger charge is 2.29. The SMILES string of the molecule is O=C(Nc1ccnc(Oc2ccccc2)c1)C1CC1. The molecule has 0 saturated heterocycles. The molecule has 1 heterocycles. The molecule has 4 nitrogen and oxygen atoms in total. The standard InChI is InChI=1S/C15H14N2O2/c18-15(11-6-7-11)17-12-8-9-16-14(10-12)19-13-4-2-1-3-5-13/h1-5,8-11H,6-7H2,(H,16,17,18). The van der Waals surface area contributed by atoms with Crippen molar-refractivity contribution in [3.63, 3.8) is 0 Å². The van der Waals surface area contributed by atoms with Gasteiger partial charge in [0.15, 0.2) is 0 Å². The molecule has 3 rings (SSSR count). The third-order valence-corrected chi connectivity index (χ3v) is 2.92. The minimum atomic E-state index is 0.0804. The second kappa shape index (κ2) is 5.10. The molecule has 1 aromatic heterocycles. The zero-order chi connectivity index (χ0) is 13.1. The van der Waals surface area contributed by atoms with Gasteiger partial charge in [0.05, 0.1) is 0 Å². The number of pyridine rings is 1. The molecule has 0 unspecified atom stereocenters. The first kappa shape index (κ1) is 11.7. The van der Waals surface area contributed by atoms with Gasteiger partial charge in [-0.3, -0.25) is 4.79 Å². The van der Waals surface area contributed by atoms with E-state index in [1.54, 1.807) is 18.3 Å². The number of rotatable bonds is 4. The number of ether oxygens (including phenoxy) is 1. The Morgan fingerprint density at radius 3 is 2.74 bits per heavy atom. The Morgan fingerprint density at radius 1 is 1.21 bits per heavy atom. The van der Waals surface area contributed by atoms with Gasteiger partial charge in [0.25, 0.3) is 0 Å². The number of carbonyl (C=O) groups excluding carboxylic acids is 1. The molecular formula is C15H14N2O2. The van der Waals surface area contributed by atoms with E-state index in [4.69, 9.17) is 4.74 Å². The van der Waals surface area contributed by atoms with Crippen LogP contribution in [0.25, 0.3) is 0 Å². The lowest BCUT2D eigenvalue weighted by Crippen LogP contribution is -2.13. The summed E-state index contributed by atoms with van der Waals surface area (Å²) in [5.74, 6) is 1.46. The van der Waals surface area contributed by atoms with Gasteiger partial charge >= 0.3 is 0 Å². The maximum Gasteiger partial charge on any atom is 0.227 e. The van der Waals surface area contributed by atoms with Crippen LogP contribution in [0.5, 0.6) is 11.6 Å². The predicted octanol–water partition coefficient (Wildman–Crippen LogP) is 3.22. The zero-order valence-electron chi connectivity index (χ0n) is 10.4. The Labute approximate surface area is 111 Å². The highest BCUT2D eigenvalue weighted by Crippen LogP contribution is 2.30. The molecule has 0 aliphatic heterocycles. The van der Waals surface area contributed by atoms with E-state index < -0.39 is 0 Å². The van der Waals surface area contributed by atoms with E-state index in [1.165, 1.54) is 0 Å². The number of hydrogen-bond donors (Lipinski definition) is 1. The predicted molar refractivity (Wildman–Crippen MR) is 72.1 cm³/mol. The quantitative estimate of drug-likeness (QED) is 0.911. The van der Waals surface area contributed by atoms with Gasteiger partial charge < -0.3 is 10.1 Å². The van der Waals surface area contributed by atoms with Gasteiger partial charge in [-0.25, -0.2) is 4.98 Å². The molecule has 2 aromatic rings. The van der Waals surface area contributed by atoms with Gasteiger partial charge in [0, 0.05) is 23.9 Å². The molecule has 1 saturated carbocycles. The van der Waals surface area contributed by atoms with Gasteiger partial charge in [0.1, 0.15) is 5.75 Å². The van der Waals surface area contributed by atoms with Crippen LogP contribution < -0.4 is 10.1 Å². The third kappa shape index (κ3) is 3.10. The van der Waals surface area contributed by atoms with Crippen LogP contribution in [0.1, 0.15) is 12.8 Å². The number of hydrogen-bond acceptors (Lipinski definition) is 3. The summed E-state index contributed by atoms with van der Waals surface area (Å²) in [5.41, 5.74) is 0.720. The van der Waals surface area contributed by atoms with Crippen molar-refractivity contribution in [3.05, 3.63) is 48.7 Å². The first-order valence-electron chi connectivity index (χ1n) is 6.31. The Hall–Kier alpha value is -2.36. The Balaban J connectivity index is 1.70. The lowest BCUT2D eigenvalue weighted by atomic mass is 10.3. The average Bonchev–Trinajstić information content (AvgIpc) is 3.24. The fourth-order valence-corrected chi connectivity index (χ4v) is 1.74. The first-order chi connectivity index (χ1) is 9.31. The summed E-state index contributed by atoms with van der Waals surface area (Å²) in [6.45, 7) is 0. The minimum absolute atomic E-state index is 0.0804. The third-order valence-electron chi connectivity index (χ3n) is 2.92. The van der Waals surface area contributed by atoms with Gasteiger partial charge in [-0.05, 0) is 31.0 Å². The summed E-state index contributed by atoms with van der Waals surface area (Å²) in [5, 5.41) is 2.87. The topological polar surface area (TPSA) is 51.2 Å². The number of amides is 1. The zero-order valence-corrected chi connectivity index (χ0v) is 10.4. The number of nitrogens with zero attached hydrogens (tertiary/aromatic N) is 1. The van der Waals surface area contributed by atoms with Crippen LogP contribution in [0.4, 0.5) is 5.69 Å². The van der Waals surface area contributed by atoms with Crippen molar-refractivity contribution < 1.29 is 9.53 Å². The summed E-state index contributed by atoms with van der Waals surface area (Å²) in [6, 6.07) is 12.9. The molecule has 0 spiro atoms. The van der Waals surface area contributed by atoms with Crippen molar-refractivity contribution in [2.75, 3.05) is 5.32 Å². The van der Waals surface area contributed by atoms with E-state index in [2.05, 4.69) is 10.3 Å². The smallest absolute Gasteiger partial charge is 0.227 e. The molecule has 19 heavy (non-hydrogen) atoms. The van der Waals surface area contributed by atoms with E-state index in [9.17, 15) is 4.79 Å². The Morgan fingerprint density at radius 2 is 2.00 bits per heavy atom. The number of aromatic nitrogens is 1. The van der Waals surface area contributed by atoms with Crippen molar-refractivity contribution >= 4 is 11.6 Å². The molecule has 1 fully saturated rings. The van der Waals surface area contributed by atoms with E-state index in [0.717, 1.165) is 24.3 Å². The number of carbonyl (C=O) groups is 1. The van der Waals surface area contributed by atoms with Crippen LogP contribution >= 0.6 is 0 Å². The van der Waals surface area contributed by atoms with Crippen molar-refractivity contribution in [1.29, 1.82) is 0 Å². The Bertz CT molecular complexity index is 580. The lowest BCUT2D eigenvalue weighted by molar-refractivity contribution is -0.117. The molecule has 0 atom stereocenters. The second-order valence-corrected chi connectivity index (χ2v) is 4.56. The second-order valence-electron chi connectivity index (χ2n) is 4.56. The van der Waals surface area contributed by atoms with Crippen LogP contribution in [0.3, 0.4) is 0 Å². The summed E-state index contributed by atoms with van der Waals surface area (Å²) in [6.07, 6.45) is 3.61.